The Morgan fingerprint density at radius 2 is 1.82 bits per heavy atom. The number of halogens is 2. The first-order valence-corrected chi connectivity index (χ1v) is 14.8. The molecule has 0 aliphatic carbocycles. The first-order valence-electron chi connectivity index (χ1n) is 14.0. The summed E-state index contributed by atoms with van der Waals surface area (Å²) >= 11 is 12.6. The SMILES string of the molecule is CCCC(C)C(=O)OCN1C(=O)CCc2ccc(OCCCCN3CCN(c4cccc(Cl)c4Cl)CC3)cc21. The Morgan fingerprint density at radius 3 is 2.59 bits per heavy atom. The molecule has 9 heteroatoms. The second-order valence-corrected chi connectivity index (χ2v) is 11.1. The molecule has 1 unspecified atom stereocenters. The van der Waals surface area contributed by atoms with Crippen LogP contribution >= 0.6 is 23.2 Å². The maximum atomic E-state index is 12.6. The fourth-order valence-corrected chi connectivity index (χ4v) is 5.56. The van der Waals surface area contributed by atoms with Gasteiger partial charge < -0.3 is 14.4 Å². The van der Waals surface area contributed by atoms with Crippen molar-refractivity contribution >= 4 is 46.5 Å². The number of esters is 1. The highest BCUT2D eigenvalue weighted by Crippen LogP contribution is 2.33. The molecule has 2 aliphatic heterocycles. The van der Waals surface area contributed by atoms with Crippen LogP contribution in [-0.4, -0.2) is 62.8 Å². The molecule has 4 rings (SSSR count). The number of carbonyl (C=O) groups excluding carboxylic acids is 2. The molecule has 1 saturated heterocycles. The third kappa shape index (κ3) is 7.80. The number of rotatable bonds is 12. The number of benzene rings is 2. The third-order valence-electron chi connectivity index (χ3n) is 7.50. The van der Waals surface area contributed by atoms with Gasteiger partial charge in [-0.25, -0.2) is 0 Å². The Hall–Kier alpha value is -2.48. The molecular weight excluding hydrogens is 537 g/mol. The molecule has 0 spiro atoms. The highest BCUT2D eigenvalue weighted by atomic mass is 35.5. The monoisotopic (exact) mass is 575 g/mol. The predicted octanol–water partition coefficient (Wildman–Crippen LogP) is 6.19. The molecule has 2 aromatic carbocycles. The topological polar surface area (TPSA) is 62.3 Å². The molecule has 1 fully saturated rings. The van der Waals surface area contributed by atoms with E-state index in [9.17, 15) is 9.59 Å². The van der Waals surface area contributed by atoms with Gasteiger partial charge in [-0.1, -0.05) is 55.6 Å². The molecule has 212 valence electrons. The van der Waals surface area contributed by atoms with E-state index in [2.05, 4.69) is 9.80 Å². The molecule has 7 nitrogen and oxygen atoms in total. The number of hydrogen-bond donors (Lipinski definition) is 0. The van der Waals surface area contributed by atoms with E-state index in [-0.39, 0.29) is 24.5 Å². The Morgan fingerprint density at radius 1 is 1.03 bits per heavy atom. The van der Waals surface area contributed by atoms with Crippen molar-refractivity contribution < 1.29 is 19.1 Å². The van der Waals surface area contributed by atoms with E-state index >= 15 is 0 Å². The van der Waals surface area contributed by atoms with Crippen molar-refractivity contribution in [2.24, 2.45) is 5.92 Å². The van der Waals surface area contributed by atoms with Gasteiger partial charge in [-0.05, 0) is 56.0 Å². The van der Waals surface area contributed by atoms with Gasteiger partial charge in [0.1, 0.15) is 5.75 Å². The standard InChI is InChI=1S/C30H39Cl2N3O4/c1-3-7-22(2)30(37)39-21-35-27-20-24(12-10-23(27)11-13-28(35)36)38-19-5-4-14-33-15-17-34(18-16-33)26-9-6-8-25(31)29(26)32/h6,8-10,12,20,22H,3-5,7,11,13-19,21H2,1-2H3. The Bertz CT molecular complexity index is 1140. The number of amides is 1. The second kappa shape index (κ2) is 14.2. The van der Waals surface area contributed by atoms with Gasteiger partial charge in [0, 0.05) is 38.7 Å². The van der Waals surface area contributed by atoms with E-state index in [1.54, 1.807) is 4.90 Å². The number of piperazine rings is 1. The summed E-state index contributed by atoms with van der Waals surface area (Å²) in [4.78, 5) is 31.3. The summed E-state index contributed by atoms with van der Waals surface area (Å²) in [6.07, 6.45) is 4.76. The number of carbonyl (C=O) groups is 2. The van der Waals surface area contributed by atoms with Gasteiger partial charge in [0.15, 0.2) is 6.73 Å². The fourth-order valence-electron chi connectivity index (χ4n) is 5.15. The maximum absolute atomic E-state index is 12.6. The lowest BCUT2D eigenvalue weighted by atomic mass is 10.0. The molecule has 0 radical (unpaired) electrons. The summed E-state index contributed by atoms with van der Waals surface area (Å²) in [5.41, 5.74) is 2.85. The van der Waals surface area contributed by atoms with Crippen LogP contribution in [0, 0.1) is 5.92 Å². The Kier molecular flexibility index (Phi) is 10.8. The summed E-state index contributed by atoms with van der Waals surface area (Å²) < 4.78 is 11.5. The van der Waals surface area contributed by atoms with Crippen molar-refractivity contribution in [2.45, 2.75) is 52.4 Å². The van der Waals surface area contributed by atoms with Crippen LogP contribution in [0.5, 0.6) is 5.75 Å². The number of anilines is 2. The zero-order valence-electron chi connectivity index (χ0n) is 23.0. The van der Waals surface area contributed by atoms with Gasteiger partial charge >= 0.3 is 5.97 Å². The normalized spacial score (nSPS) is 16.7. The van der Waals surface area contributed by atoms with Crippen LogP contribution in [0.3, 0.4) is 0 Å². The maximum Gasteiger partial charge on any atom is 0.310 e. The van der Waals surface area contributed by atoms with Crippen LogP contribution in [0.4, 0.5) is 11.4 Å². The van der Waals surface area contributed by atoms with Crippen LogP contribution in [0.1, 0.15) is 51.5 Å². The van der Waals surface area contributed by atoms with Crippen LogP contribution in [-0.2, 0) is 20.7 Å². The summed E-state index contributed by atoms with van der Waals surface area (Å²) in [6, 6.07) is 11.7. The molecular formula is C30H39Cl2N3O4. The first-order chi connectivity index (χ1) is 18.9. The van der Waals surface area contributed by atoms with Gasteiger partial charge in [-0.3, -0.25) is 19.4 Å². The van der Waals surface area contributed by atoms with Crippen LogP contribution in [0.15, 0.2) is 36.4 Å². The lowest BCUT2D eigenvalue weighted by molar-refractivity contribution is -0.148. The van der Waals surface area contributed by atoms with Crippen molar-refractivity contribution in [2.75, 3.05) is 55.9 Å². The average molecular weight is 577 g/mol. The van der Waals surface area contributed by atoms with E-state index in [1.165, 1.54) is 0 Å². The third-order valence-corrected chi connectivity index (χ3v) is 8.31. The highest BCUT2D eigenvalue weighted by Gasteiger charge is 2.26. The van der Waals surface area contributed by atoms with E-state index in [4.69, 9.17) is 32.7 Å². The molecule has 2 aromatic rings. The first kappa shape index (κ1) is 29.5. The van der Waals surface area contributed by atoms with E-state index in [0.717, 1.165) is 81.1 Å². The van der Waals surface area contributed by atoms with Gasteiger partial charge in [0.05, 0.1) is 33.9 Å². The number of nitrogens with zero attached hydrogens (tertiary/aromatic N) is 3. The van der Waals surface area contributed by atoms with E-state index < -0.39 is 0 Å². The Labute approximate surface area is 241 Å². The molecule has 0 aromatic heterocycles. The molecule has 2 aliphatic rings. The summed E-state index contributed by atoms with van der Waals surface area (Å²) in [7, 11) is 0. The summed E-state index contributed by atoms with van der Waals surface area (Å²) in [5.74, 6) is 0.257. The van der Waals surface area contributed by atoms with E-state index in [1.807, 2.05) is 50.2 Å². The van der Waals surface area contributed by atoms with Crippen molar-refractivity contribution in [3.63, 3.8) is 0 Å². The lowest BCUT2D eigenvalue weighted by Gasteiger charge is -2.36. The molecule has 0 bridgehead atoms. The van der Waals surface area contributed by atoms with Gasteiger partial charge in [0.25, 0.3) is 0 Å². The fraction of sp³-hybridized carbons (Fsp3) is 0.533. The lowest BCUT2D eigenvalue weighted by Crippen LogP contribution is -2.46. The average Bonchev–Trinajstić information content (AvgIpc) is 2.94. The van der Waals surface area contributed by atoms with Crippen molar-refractivity contribution in [1.29, 1.82) is 0 Å². The quantitative estimate of drug-likeness (QED) is 0.222. The zero-order chi connectivity index (χ0) is 27.8. The van der Waals surface area contributed by atoms with Gasteiger partial charge in [-0.15, -0.1) is 0 Å². The van der Waals surface area contributed by atoms with Crippen LogP contribution in [0.2, 0.25) is 10.0 Å². The highest BCUT2D eigenvalue weighted by molar-refractivity contribution is 6.43. The van der Waals surface area contributed by atoms with Gasteiger partial charge in [-0.2, -0.15) is 0 Å². The minimum atomic E-state index is -0.265. The van der Waals surface area contributed by atoms with Crippen LogP contribution < -0.4 is 14.5 Å². The minimum Gasteiger partial charge on any atom is -0.494 e. The smallest absolute Gasteiger partial charge is 0.310 e. The number of aryl methyl sites for hydroxylation is 1. The van der Waals surface area contributed by atoms with Crippen LogP contribution in [0.25, 0.3) is 0 Å². The van der Waals surface area contributed by atoms with Gasteiger partial charge in [0.2, 0.25) is 5.91 Å². The number of fused-ring (bicyclic) bond motifs is 1. The van der Waals surface area contributed by atoms with Crippen molar-refractivity contribution in [3.05, 3.63) is 52.0 Å². The van der Waals surface area contributed by atoms with Crippen molar-refractivity contribution in [3.8, 4) is 5.75 Å². The van der Waals surface area contributed by atoms with E-state index in [0.29, 0.717) is 29.5 Å². The molecule has 0 saturated carbocycles. The molecule has 1 amide bonds. The predicted molar refractivity (Wildman–Crippen MR) is 157 cm³/mol. The number of ether oxygens (including phenoxy) is 2. The summed E-state index contributed by atoms with van der Waals surface area (Å²) in [5, 5.41) is 1.22. The number of unbranched alkanes of at least 4 members (excludes halogenated alkanes) is 1. The molecule has 1 atom stereocenters. The molecule has 2 heterocycles. The molecule has 0 N–H and O–H groups in total. The zero-order valence-corrected chi connectivity index (χ0v) is 24.5. The number of hydrogen-bond acceptors (Lipinski definition) is 6. The largest absolute Gasteiger partial charge is 0.494 e. The Balaban J connectivity index is 1.20. The van der Waals surface area contributed by atoms with Crippen molar-refractivity contribution in [1.82, 2.24) is 4.90 Å². The minimum absolute atomic E-state index is 0.0340. The molecule has 39 heavy (non-hydrogen) atoms. The second-order valence-electron chi connectivity index (χ2n) is 10.4. The summed E-state index contributed by atoms with van der Waals surface area (Å²) in [6.45, 7) is 9.29.